The zero-order valence-electron chi connectivity index (χ0n) is 25.9. The molecule has 0 saturated carbocycles. The molecule has 13 heteroatoms. The molecule has 2 saturated heterocycles. The lowest BCUT2D eigenvalue weighted by molar-refractivity contribution is -0.0118. The van der Waals surface area contributed by atoms with Crippen molar-refractivity contribution >= 4 is 17.3 Å². The normalized spacial score (nSPS) is 17.7. The maximum atomic E-state index is 13.7. The van der Waals surface area contributed by atoms with Gasteiger partial charge >= 0.3 is 0 Å². The molecule has 0 unspecified atom stereocenters. The molecular weight excluding hydrogens is 569 g/mol. The van der Waals surface area contributed by atoms with E-state index in [1.165, 1.54) is 6.07 Å². The highest BCUT2D eigenvalue weighted by Gasteiger charge is 2.22. The Kier molecular flexibility index (Phi) is 15.9. The minimum atomic E-state index is -0.201. The number of piperidine rings is 1. The largest absolute Gasteiger partial charge is 0.378 e. The number of anilines is 3. The second kappa shape index (κ2) is 20.4. The second-order valence-electron chi connectivity index (χ2n) is 10.9. The van der Waals surface area contributed by atoms with Crippen LogP contribution in [-0.4, -0.2) is 139 Å². The molecule has 3 heterocycles. The Morgan fingerprint density at radius 3 is 2.09 bits per heavy atom. The summed E-state index contributed by atoms with van der Waals surface area (Å²) in [5, 5.41) is 3.59. The van der Waals surface area contributed by atoms with E-state index in [9.17, 15) is 4.39 Å². The van der Waals surface area contributed by atoms with Gasteiger partial charge in [0.05, 0.1) is 66.1 Å². The fourth-order valence-electron chi connectivity index (χ4n) is 5.27. The number of benzene rings is 1. The van der Waals surface area contributed by atoms with Crippen molar-refractivity contribution in [3.63, 3.8) is 0 Å². The molecule has 2 aliphatic heterocycles. The van der Waals surface area contributed by atoms with E-state index in [4.69, 9.17) is 29.4 Å². The van der Waals surface area contributed by atoms with Crippen molar-refractivity contribution in [3.05, 3.63) is 42.5 Å². The summed E-state index contributed by atoms with van der Waals surface area (Å²) in [6, 6.07) is 9.11. The standard InChI is InChI=1S/C31H50FN7O5/c32-27-3-1-5-29(23-27)39-7-2-4-28(25-39)36-30-24-31(35-26-34-30)38-10-8-37(9-11-38)12-14-41-16-18-43-20-22-44-21-19-42-17-15-40-13-6-33/h1,3,5,23-24,26,28H,2,4,6-22,25,33H2,(H,34,35,36)/t28-/m1/s1. The van der Waals surface area contributed by atoms with E-state index in [1.54, 1.807) is 18.5 Å². The Morgan fingerprint density at radius 1 is 0.773 bits per heavy atom. The van der Waals surface area contributed by atoms with Gasteiger partial charge in [-0.15, -0.1) is 0 Å². The summed E-state index contributed by atoms with van der Waals surface area (Å²) >= 11 is 0. The number of rotatable bonds is 21. The maximum absolute atomic E-state index is 13.7. The Bertz CT molecular complexity index is 1050. The van der Waals surface area contributed by atoms with Crippen molar-refractivity contribution < 1.29 is 28.1 Å². The summed E-state index contributed by atoms with van der Waals surface area (Å²) in [7, 11) is 0. The Morgan fingerprint density at radius 2 is 1.43 bits per heavy atom. The van der Waals surface area contributed by atoms with Crippen molar-refractivity contribution in [2.45, 2.75) is 18.9 Å². The first-order chi connectivity index (χ1) is 21.7. The lowest BCUT2D eigenvalue weighted by Crippen LogP contribution is -2.47. The fourth-order valence-corrected chi connectivity index (χ4v) is 5.27. The van der Waals surface area contributed by atoms with Crippen LogP contribution in [0.5, 0.6) is 0 Å². The molecule has 2 fully saturated rings. The third-order valence-electron chi connectivity index (χ3n) is 7.60. The Hall–Kier alpha value is -2.65. The third kappa shape index (κ3) is 12.8. The molecule has 0 spiro atoms. The average Bonchev–Trinajstić information content (AvgIpc) is 3.05. The average molecular weight is 620 g/mol. The number of nitrogens with two attached hydrogens (primary N) is 1. The number of hydrogen-bond acceptors (Lipinski definition) is 12. The van der Waals surface area contributed by atoms with Crippen LogP contribution in [0.15, 0.2) is 36.7 Å². The van der Waals surface area contributed by atoms with Crippen LogP contribution < -0.4 is 20.9 Å². The van der Waals surface area contributed by atoms with Gasteiger partial charge in [-0.3, -0.25) is 4.90 Å². The molecule has 1 atom stereocenters. The lowest BCUT2D eigenvalue weighted by atomic mass is 10.0. The van der Waals surface area contributed by atoms with Crippen LogP contribution in [0.3, 0.4) is 0 Å². The fraction of sp³-hybridized carbons (Fsp3) is 0.677. The summed E-state index contributed by atoms with van der Waals surface area (Å²) in [6.45, 7) is 12.5. The molecule has 1 aromatic heterocycles. The molecule has 2 aliphatic rings. The molecule has 3 N–H and O–H groups in total. The molecule has 12 nitrogen and oxygen atoms in total. The number of piperazine rings is 1. The lowest BCUT2D eigenvalue weighted by Gasteiger charge is -2.36. The van der Waals surface area contributed by atoms with E-state index in [1.807, 2.05) is 12.1 Å². The van der Waals surface area contributed by atoms with Gasteiger partial charge in [-0.25, -0.2) is 14.4 Å². The summed E-state index contributed by atoms with van der Waals surface area (Å²) in [5.41, 5.74) is 6.28. The zero-order chi connectivity index (χ0) is 30.7. The molecule has 0 bridgehead atoms. The quantitative estimate of drug-likeness (QED) is 0.199. The molecule has 0 radical (unpaired) electrons. The van der Waals surface area contributed by atoms with Gasteiger partial charge in [0.1, 0.15) is 23.8 Å². The summed E-state index contributed by atoms with van der Waals surface area (Å²) in [5.74, 6) is 1.58. The summed E-state index contributed by atoms with van der Waals surface area (Å²) in [4.78, 5) is 16.0. The van der Waals surface area contributed by atoms with Crippen molar-refractivity contribution in [2.75, 3.05) is 134 Å². The number of halogens is 1. The van der Waals surface area contributed by atoms with Gasteiger partial charge < -0.3 is 44.5 Å². The first-order valence-electron chi connectivity index (χ1n) is 15.9. The van der Waals surface area contributed by atoms with E-state index in [-0.39, 0.29) is 11.9 Å². The minimum absolute atomic E-state index is 0.201. The van der Waals surface area contributed by atoms with Crippen LogP contribution in [0.2, 0.25) is 0 Å². The van der Waals surface area contributed by atoms with E-state index in [2.05, 4.69) is 30.0 Å². The highest BCUT2D eigenvalue weighted by atomic mass is 19.1. The van der Waals surface area contributed by atoms with E-state index < -0.39 is 0 Å². The predicted molar refractivity (Wildman–Crippen MR) is 169 cm³/mol. The van der Waals surface area contributed by atoms with Gasteiger partial charge in [0.15, 0.2) is 0 Å². The maximum Gasteiger partial charge on any atom is 0.134 e. The number of nitrogens with one attached hydrogen (secondary N) is 1. The first-order valence-corrected chi connectivity index (χ1v) is 15.9. The molecule has 44 heavy (non-hydrogen) atoms. The van der Waals surface area contributed by atoms with Crippen LogP contribution in [0, 0.1) is 5.82 Å². The van der Waals surface area contributed by atoms with Gasteiger partial charge in [-0.2, -0.15) is 0 Å². The highest BCUT2D eigenvalue weighted by Crippen LogP contribution is 2.23. The zero-order valence-corrected chi connectivity index (χ0v) is 25.9. The Labute approximate surface area is 260 Å². The number of aromatic nitrogens is 2. The SMILES string of the molecule is NCCOCCOCCOCCOCCOCCN1CCN(c2cc(N[C@@H]3CCCN(c4cccc(F)c4)C3)ncn2)CC1. The van der Waals surface area contributed by atoms with Gasteiger partial charge in [0.2, 0.25) is 0 Å². The van der Waals surface area contributed by atoms with Crippen LogP contribution in [0.1, 0.15) is 12.8 Å². The number of hydrogen-bond donors (Lipinski definition) is 2. The van der Waals surface area contributed by atoms with E-state index in [0.717, 1.165) is 76.0 Å². The van der Waals surface area contributed by atoms with Gasteiger partial charge in [-0.1, -0.05) is 6.07 Å². The predicted octanol–water partition coefficient (Wildman–Crippen LogP) is 1.86. The summed E-state index contributed by atoms with van der Waals surface area (Å²) in [6.07, 6.45) is 3.73. The van der Waals surface area contributed by atoms with Crippen LogP contribution >= 0.6 is 0 Å². The van der Waals surface area contributed by atoms with Crippen LogP contribution in [0.25, 0.3) is 0 Å². The molecule has 1 aromatic carbocycles. The third-order valence-corrected chi connectivity index (χ3v) is 7.60. The first kappa shape index (κ1) is 34.2. The highest BCUT2D eigenvalue weighted by molar-refractivity contribution is 5.51. The number of nitrogens with zero attached hydrogens (tertiary/aromatic N) is 5. The topological polar surface area (TPSA) is 120 Å². The van der Waals surface area contributed by atoms with Crippen LogP contribution in [-0.2, 0) is 23.7 Å². The van der Waals surface area contributed by atoms with Crippen molar-refractivity contribution in [2.24, 2.45) is 5.73 Å². The molecule has 4 rings (SSSR count). The molecule has 2 aromatic rings. The van der Waals surface area contributed by atoms with E-state index in [0.29, 0.717) is 72.6 Å². The monoisotopic (exact) mass is 619 g/mol. The van der Waals surface area contributed by atoms with Crippen molar-refractivity contribution in [3.8, 4) is 0 Å². The summed E-state index contributed by atoms with van der Waals surface area (Å²) < 4.78 is 41.2. The molecule has 0 amide bonds. The van der Waals surface area contributed by atoms with Crippen LogP contribution in [0.4, 0.5) is 21.7 Å². The molecule has 0 aliphatic carbocycles. The van der Waals surface area contributed by atoms with Crippen molar-refractivity contribution in [1.29, 1.82) is 0 Å². The Balaban J connectivity index is 1.02. The van der Waals surface area contributed by atoms with E-state index >= 15 is 0 Å². The van der Waals surface area contributed by atoms with Crippen molar-refractivity contribution in [1.82, 2.24) is 14.9 Å². The minimum Gasteiger partial charge on any atom is -0.378 e. The van der Waals surface area contributed by atoms with Gasteiger partial charge in [0.25, 0.3) is 0 Å². The molecular formula is C31H50FN7O5. The molecule has 246 valence electrons. The van der Waals surface area contributed by atoms with Gasteiger partial charge in [-0.05, 0) is 31.0 Å². The van der Waals surface area contributed by atoms with Gasteiger partial charge in [0, 0.05) is 70.2 Å². The smallest absolute Gasteiger partial charge is 0.134 e. The second-order valence-corrected chi connectivity index (χ2v) is 10.9. The number of ether oxygens (including phenoxy) is 5.